The average molecular weight is 230 g/mol. The molecule has 2 rings (SSSR count). The van der Waals surface area contributed by atoms with Gasteiger partial charge in [0.15, 0.2) is 0 Å². The molecule has 1 aromatic rings. The average Bonchev–Trinajstić information content (AvgIpc) is 2.64. The Kier molecular flexibility index (Phi) is 3.63. The molecule has 17 heavy (non-hydrogen) atoms. The van der Waals surface area contributed by atoms with E-state index in [4.69, 9.17) is 4.99 Å². The van der Waals surface area contributed by atoms with Crippen LogP contribution in [0.2, 0.25) is 0 Å². The molecule has 2 nitrogen and oxygen atoms in total. The van der Waals surface area contributed by atoms with E-state index in [-0.39, 0.29) is 5.54 Å². The molecule has 2 heteroatoms. The minimum Gasteiger partial charge on any atom is -0.293 e. The Hall–Kier alpha value is -1.15. The van der Waals surface area contributed by atoms with Crippen molar-refractivity contribution in [1.82, 2.24) is 4.90 Å². The van der Waals surface area contributed by atoms with Crippen molar-refractivity contribution in [3.05, 3.63) is 35.9 Å². The predicted octanol–water partition coefficient (Wildman–Crippen LogP) is 3.13. The molecular formula is C15H22N2. The molecule has 0 aromatic heterocycles. The molecule has 1 aliphatic rings. The van der Waals surface area contributed by atoms with Crippen LogP contribution in [0.15, 0.2) is 35.3 Å². The molecule has 0 saturated carbocycles. The third-order valence-corrected chi connectivity index (χ3v) is 2.87. The molecule has 1 saturated heterocycles. The van der Waals surface area contributed by atoms with Gasteiger partial charge in [-0.25, -0.2) is 0 Å². The van der Waals surface area contributed by atoms with Crippen molar-refractivity contribution in [2.45, 2.75) is 39.3 Å². The van der Waals surface area contributed by atoms with Crippen molar-refractivity contribution in [3.8, 4) is 0 Å². The van der Waals surface area contributed by atoms with Gasteiger partial charge in [-0.1, -0.05) is 30.3 Å². The van der Waals surface area contributed by atoms with Gasteiger partial charge in [0.25, 0.3) is 0 Å². The zero-order chi connectivity index (χ0) is 12.3. The van der Waals surface area contributed by atoms with Crippen LogP contribution in [-0.4, -0.2) is 29.2 Å². The summed E-state index contributed by atoms with van der Waals surface area (Å²) in [6.45, 7) is 9.72. The van der Waals surface area contributed by atoms with Crippen LogP contribution in [0.1, 0.15) is 32.8 Å². The van der Waals surface area contributed by atoms with Gasteiger partial charge in [0.2, 0.25) is 0 Å². The van der Waals surface area contributed by atoms with Crippen LogP contribution >= 0.6 is 0 Å². The zero-order valence-corrected chi connectivity index (χ0v) is 11.1. The van der Waals surface area contributed by atoms with Crippen molar-refractivity contribution in [2.24, 2.45) is 4.99 Å². The van der Waals surface area contributed by atoms with Crippen molar-refractivity contribution >= 4 is 5.71 Å². The van der Waals surface area contributed by atoms with E-state index in [0.717, 1.165) is 26.1 Å². The highest BCUT2D eigenvalue weighted by Crippen LogP contribution is 2.15. The van der Waals surface area contributed by atoms with E-state index in [9.17, 15) is 0 Å². The number of hydrogen-bond donors (Lipinski definition) is 0. The van der Waals surface area contributed by atoms with E-state index in [1.807, 2.05) is 0 Å². The molecular weight excluding hydrogens is 208 g/mol. The van der Waals surface area contributed by atoms with Gasteiger partial charge in [-0.15, -0.1) is 0 Å². The molecule has 0 aliphatic carbocycles. The summed E-state index contributed by atoms with van der Waals surface area (Å²) in [4.78, 5) is 7.25. The van der Waals surface area contributed by atoms with Crippen LogP contribution in [0.4, 0.5) is 0 Å². The topological polar surface area (TPSA) is 15.6 Å². The lowest BCUT2D eigenvalue weighted by atomic mass is 10.1. The molecule has 0 unspecified atom stereocenters. The molecule has 0 amide bonds. The first-order chi connectivity index (χ1) is 8.03. The maximum absolute atomic E-state index is 4.78. The van der Waals surface area contributed by atoms with Gasteiger partial charge >= 0.3 is 0 Å². The summed E-state index contributed by atoms with van der Waals surface area (Å²) < 4.78 is 0. The molecule has 1 aromatic carbocycles. The van der Waals surface area contributed by atoms with E-state index < -0.39 is 0 Å². The van der Waals surface area contributed by atoms with Crippen LogP contribution in [0.5, 0.6) is 0 Å². The minimum absolute atomic E-state index is 0.0675. The Bertz CT molecular complexity index is 387. The van der Waals surface area contributed by atoms with Crippen molar-refractivity contribution in [3.63, 3.8) is 0 Å². The fourth-order valence-corrected chi connectivity index (χ4v) is 2.25. The fourth-order valence-electron chi connectivity index (χ4n) is 2.25. The molecule has 0 atom stereocenters. The quantitative estimate of drug-likeness (QED) is 0.762. The maximum atomic E-state index is 4.78. The highest BCUT2D eigenvalue weighted by atomic mass is 15.2. The van der Waals surface area contributed by atoms with Gasteiger partial charge in [0.05, 0.1) is 5.54 Å². The highest BCUT2D eigenvalue weighted by Gasteiger charge is 2.20. The number of benzene rings is 1. The van der Waals surface area contributed by atoms with Gasteiger partial charge in [0.1, 0.15) is 0 Å². The third kappa shape index (κ3) is 3.97. The Labute approximate surface area is 104 Å². The fraction of sp³-hybridized carbons (Fsp3) is 0.533. The third-order valence-electron chi connectivity index (χ3n) is 2.87. The first-order valence-electron chi connectivity index (χ1n) is 6.37. The van der Waals surface area contributed by atoms with E-state index in [1.54, 1.807) is 0 Å². The molecule has 0 radical (unpaired) electrons. The molecule has 0 N–H and O–H groups in total. The summed E-state index contributed by atoms with van der Waals surface area (Å²) in [5.41, 5.74) is 2.82. The normalized spacial score (nSPS) is 20.1. The summed E-state index contributed by atoms with van der Waals surface area (Å²) in [5.74, 6) is 0. The van der Waals surface area contributed by atoms with Crippen molar-refractivity contribution in [1.29, 1.82) is 0 Å². The Balaban J connectivity index is 1.93. The van der Waals surface area contributed by atoms with Crippen LogP contribution in [0.3, 0.4) is 0 Å². The lowest BCUT2D eigenvalue weighted by Gasteiger charge is -2.15. The molecule has 92 valence electrons. The first kappa shape index (κ1) is 12.3. The van der Waals surface area contributed by atoms with Crippen molar-refractivity contribution in [2.75, 3.05) is 13.1 Å². The zero-order valence-electron chi connectivity index (χ0n) is 11.1. The Morgan fingerprint density at radius 1 is 1.18 bits per heavy atom. The molecule has 0 bridgehead atoms. The van der Waals surface area contributed by atoms with Gasteiger partial charge in [0, 0.05) is 25.3 Å². The second kappa shape index (κ2) is 5.01. The van der Waals surface area contributed by atoms with Crippen LogP contribution in [-0.2, 0) is 6.54 Å². The standard InChI is InChI=1S/C15H22N2/c1-15(2,3)16-14-9-10-17(12-14)11-13-7-5-4-6-8-13/h4-8H,9-12H2,1-3H3/b16-14+. The van der Waals surface area contributed by atoms with Gasteiger partial charge in [-0.05, 0) is 32.8 Å². The first-order valence-corrected chi connectivity index (χ1v) is 6.37. The molecule has 0 spiro atoms. The number of likely N-dealkylation sites (tertiary alicyclic amines) is 1. The van der Waals surface area contributed by atoms with Gasteiger partial charge in [-0.3, -0.25) is 9.89 Å². The smallest absolute Gasteiger partial charge is 0.0524 e. The molecule has 1 heterocycles. The summed E-state index contributed by atoms with van der Waals surface area (Å²) in [5, 5.41) is 0. The highest BCUT2D eigenvalue weighted by molar-refractivity contribution is 5.88. The number of rotatable bonds is 2. The SMILES string of the molecule is CC(C)(C)/N=C1\CCN(Cc2ccccc2)C1. The lowest BCUT2D eigenvalue weighted by Crippen LogP contribution is -2.21. The van der Waals surface area contributed by atoms with Crippen molar-refractivity contribution < 1.29 is 0 Å². The summed E-state index contributed by atoms with van der Waals surface area (Å²) in [6, 6.07) is 10.7. The summed E-state index contributed by atoms with van der Waals surface area (Å²) in [6.07, 6.45) is 1.13. The minimum atomic E-state index is 0.0675. The predicted molar refractivity (Wildman–Crippen MR) is 73.5 cm³/mol. The summed E-state index contributed by atoms with van der Waals surface area (Å²) in [7, 11) is 0. The van der Waals surface area contributed by atoms with E-state index >= 15 is 0 Å². The number of aliphatic imine (C=N–C) groups is 1. The van der Waals surface area contributed by atoms with Gasteiger partial charge < -0.3 is 0 Å². The molecule has 1 aliphatic heterocycles. The second-order valence-corrected chi connectivity index (χ2v) is 5.80. The van der Waals surface area contributed by atoms with Crippen LogP contribution < -0.4 is 0 Å². The molecule has 1 fully saturated rings. The monoisotopic (exact) mass is 230 g/mol. The number of nitrogens with zero attached hydrogens (tertiary/aromatic N) is 2. The summed E-state index contributed by atoms with van der Waals surface area (Å²) >= 11 is 0. The number of hydrogen-bond acceptors (Lipinski definition) is 2. The second-order valence-electron chi connectivity index (χ2n) is 5.80. The largest absolute Gasteiger partial charge is 0.293 e. The van der Waals surface area contributed by atoms with Crippen LogP contribution in [0, 0.1) is 0 Å². The lowest BCUT2D eigenvalue weighted by molar-refractivity contribution is 0.340. The van der Waals surface area contributed by atoms with Crippen LogP contribution in [0.25, 0.3) is 0 Å². The van der Waals surface area contributed by atoms with Gasteiger partial charge in [-0.2, -0.15) is 0 Å². The van der Waals surface area contributed by atoms with E-state index in [1.165, 1.54) is 11.3 Å². The Morgan fingerprint density at radius 2 is 1.88 bits per heavy atom. The Morgan fingerprint density at radius 3 is 2.53 bits per heavy atom. The van der Waals surface area contributed by atoms with E-state index in [0.29, 0.717) is 0 Å². The van der Waals surface area contributed by atoms with E-state index in [2.05, 4.69) is 56.0 Å². The maximum Gasteiger partial charge on any atom is 0.0524 e.